The Balaban J connectivity index is 0.000000565. The molecule has 2 aromatic heterocycles. The summed E-state index contributed by atoms with van der Waals surface area (Å²) in [6, 6.07) is 132. The van der Waals surface area contributed by atoms with Gasteiger partial charge < -0.3 is 9.97 Å². The van der Waals surface area contributed by atoms with E-state index in [9.17, 15) is 0 Å². The number of nitrogens with zero attached hydrogens (tertiary/aromatic N) is 2. The molecule has 0 spiro atoms. The minimum absolute atomic E-state index is 0. The first-order chi connectivity index (χ1) is 46.3. The van der Waals surface area contributed by atoms with Crippen LogP contribution >= 0.6 is 0 Å². The second-order valence-corrected chi connectivity index (χ2v) is 24.6. The Kier molecular flexibility index (Phi) is 19.0. The summed E-state index contributed by atoms with van der Waals surface area (Å²) in [6.07, 6.45) is 3.62. The van der Waals surface area contributed by atoms with Crippen molar-refractivity contribution in [2.24, 2.45) is 0 Å². The maximum atomic E-state index is 4.62. The Labute approximate surface area is 573 Å². The van der Waals surface area contributed by atoms with Crippen LogP contribution in [0.25, 0.3) is 145 Å². The second kappa shape index (κ2) is 28.8. The van der Waals surface area contributed by atoms with Gasteiger partial charge in [-0.1, -0.05) is 287 Å². The molecule has 1 radical (unpaired) electrons. The predicted octanol–water partition coefficient (Wildman–Crippen LogP) is 24.7. The van der Waals surface area contributed by atoms with Gasteiger partial charge in [-0.25, -0.2) is 0 Å². The summed E-state index contributed by atoms with van der Waals surface area (Å²) in [5.74, 6) is 0. The molecule has 0 unspecified atom stereocenters. The van der Waals surface area contributed by atoms with E-state index in [-0.39, 0.29) is 25.5 Å². The van der Waals surface area contributed by atoms with E-state index in [2.05, 4.69) is 328 Å². The average molecular weight is 1390 g/mol. The molecule has 0 bridgehead atoms. The van der Waals surface area contributed by atoms with Gasteiger partial charge in [0, 0.05) is 32.5 Å². The van der Waals surface area contributed by atoms with Gasteiger partial charge >= 0.3 is 0 Å². The van der Waals surface area contributed by atoms with Crippen LogP contribution in [0.1, 0.15) is 26.3 Å². The van der Waals surface area contributed by atoms with Gasteiger partial charge in [-0.2, -0.15) is 0 Å². The summed E-state index contributed by atoms with van der Waals surface area (Å²) >= 11 is 0. The van der Waals surface area contributed by atoms with Crippen molar-refractivity contribution in [2.45, 2.75) is 26.2 Å². The number of benzene rings is 13. The van der Waals surface area contributed by atoms with Gasteiger partial charge in [-0.3, -0.25) is 0 Å². The van der Waals surface area contributed by atoms with Gasteiger partial charge in [0.25, 0.3) is 0 Å². The van der Waals surface area contributed by atoms with Crippen LogP contribution in [0.15, 0.2) is 358 Å². The van der Waals surface area contributed by atoms with Crippen molar-refractivity contribution in [3.05, 3.63) is 376 Å². The third-order valence-corrected chi connectivity index (χ3v) is 17.4. The summed E-state index contributed by atoms with van der Waals surface area (Å²) in [4.78, 5) is 8.83. The molecular weight excluding hydrogens is 1330 g/mol. The number of hydrogen-bond acceptors (Lipinski definition) is 2. The van der Waals surface area contributed by atoms with Crippen LogP contribution in [0, 0.1) is 12.1 Å². The van der Waals surface area contributed by atoms with Crippen LogP contribution in [-0.4, -0.2) is 9.97 Å². The summed E-state index contributed by atoms with van der Waals surface area (Å²) in [5.41, 5.74) is 30.2. The Morgan fingerprint density at radius 3 is 0.842 bits per heavy atom. The van der Waals surface area contributed by atoms with Crippen molar-refractivity contribution in [1.82, 2.24) is 9.97 Å². The molecule has 0 saturated carbocycles. The molecule has 0 aliphatic heterocycles. The number of pyridine rings is 2. The average Bonchev–Trinajstić information content (AvgIpc) is 0.713. The summed E-state index contributed by atoms with van der Waals surface area (Å²) < 4.78 is 0. The molecule has 0 amide bonds. The van der Waals surface area contributed by atoms with Crippen LogP contribution < -0.4 is 0 Å². The Hall–Kier alpha value is -11.2. The molecule has 13 aromatic carbocycles. The Bertz CT molecular complexity index is 4830. The predicted molar refractivity (Wildman–Crippen MR) is 396 cm³/mol. The fourth-order valence-corrected chi connectivity index (χ4v) is 12.8. The smallest absolute Gasteiger partial charge is 0.0160 e. The van der Waals surface area contributed by atoms with Gasteiger partial charge in [0.1, 0.15) is 0 Å². The monoisotopic (exact) mass is 1390 g/mol. The van der Waals surface area contributed by atoms with Crippen molar-refractivity contribution < 1.29 is 20.1 Å². The van der Waals surface area contributed by atoms with E-state index < -0.39 is 0 Å². The van der Waals surface area contributed by atoms with Crippen molar-refractivity contribution in [3.8, 4) is 145 Å². The topological polar surface area (TPSA) is 25.8 Å². The van der Waals surface area contributed by atoms with Gasteiger partial charge in [-0.05, 0) is 182 Å². The third kappa shape index (κ3) is 14.0. The minimum atomic E-state index is -0.0644. The largest absolute Gasteiger partial charge is 0.305 e. The molecule has 2 nitrogen and oxygen atoms in total. The standard InChI is InChI=1S/C81H60N.C11H8N.Ir/c1-81(2,3)73-47-45-66(46-48-73)78-77(65-43-39-61(40-44-65)60-37-41-62(42-38-60)74-36-22-23-49-82-74)79(71-52-67(56-24-10-4-11-25-56)50-68(53-71)57-26-12-5-13-27-57)75(63-32-18-8-19-33-63)76(64-34-20-9-21-35-64)80(78)72-54-69(58-28-14-6-15-29-58)51-70(55-72)59-30-16-7-17-31-59;1-2-6-10(7-3-1)11-8-4-5-9-12-11;/h4-41,43-55H,1-3H3;1-6,8-9H;/q2*-1;. The summed E-state index contributed by atoms with van der Waals surface area (Å²) in [5, 5.41) is 0. The zero-order valence-electron chi connectivity index (χ0n) is 53.3. The quantitative estimate of drug-likeness (QED) is 0.108. The fourth-order valence-electron chi connectivity index (χ4n) is 12.8. The number of hydrogen-bond donors (Lipinski definition) is 0. The summed E-state index contributed by atoms with van der Waals surface area (Å²) in [6.45, 7) is 6.90. The molecule has 0 aliphatic rings. The molecule has 15 rings (SSSR count). The number of aromatic nitrogens is 2. The SMILES string of the molecule is CC(C)(C)c1ccc(-c2c(-c3ccc(-c4c[c-]c(-c5ccccn5)cc4)cc3)c(-c3cc(-c4ccccc4)cc(-c4ccccc4)c3)c(-c3ccccc3)c(-c3ccccc3)c2-c2cc(-c3ccccc3)cc(-c3ccccc3)c2)cc1.[Ir].[c-]1ccccc1-c1ccccn1. The zero-order chi connectivity index (χ0) is 63.6. The molecule has 0 atom stereocenters. The molecule has 0 N–H and O–H groups in total. The third-order valence-electron chi connectivity index (χ3n) is 17.4. The number of rotatable bonds is 13. The molecule has 457 valence electrons. The molecule has 0 fully saturated rings. The molecule has 95 heavy (non-hydrogen) atoms. The van der Waals surface area contributed by atoms with E-state index >= 15 is 0 Å². The zero-order valence-corrected chi connectivity index (χ0v) is 55.7. The van der Waals surface area contributed by atoms with Gasteiger partial charge in [-0.15, -0.1) is 65.7 Å². The van der Waals surface area contributed by atoms with Crippen molar-refractivity contribution in [2.75, 3.05) is 0 Å². The molecule has 0 saturated heterocycles. The van der Waals surface area contributed by atoms with E-state index in [0.29, 0.717) is 0 Å². The molecule has 0 aliphatic carbocycles. The second-order valence-electron chi connectivity index (χ2n) is 24.6. The van der Waals surface area contributed by atoms with Crippen LogP contribution in [0.2, 0.25) is 0 Å². The minimum Gasteiger partial charge on any atom is -0.305 e. The van der Waals surface area contributed by atoms with Crippen LogP contribution in [0.3, 0.4) is 0 Å². The van der Waals surface area contributed by atoms with E-state index in [0.717, 1.165) is 145 Å². The van der Waals surface area contributed by atoms with E-state index in [1.165, 1.54) is 5.56 Å². The van der Waals surface area contributed by atoms with Gasteiger partial charge in [0.2, 0.25) is 0 Å². The van der Waals surface area contributed by atoms with Gasteiger partial charge in [0.05, 0.1) is 0 Å². The molecule has 3 heteroatoms. The maximum absolute atomic E-state index is 4.62. The maximum Gasteiger partial charge on any atom is 0.0160 e. The first kappa shape index (κ1) is 62.6. The van der Waals surface area contributed by atoms with Crippen LogP contribution in [0.4, 0.5) is 0 Å². The fraction of sp³-hybridized carbons (Fsp3) is 0.0435. The van der Waals surface area contributed by atoms with E-state index in [1.54, 1.807) is 6.20 Å². The van der Waals surface area contributed by atoms with Crippen molar-refractivity contribution in [1.29, 1.82) is 0 Å². The molecular formula is C92H68IrN2-2. The first-order valence-corrected chi connectivity index (χ1v) is 32.2. The van der Waals surface area contributed by atoms with Crippen molar-refractivity contribution >= 4 is 0 Å². The Morgan fingerprint density at radius 2 is 0.516 bits per heavy atom. The Morgan fingerprint density at radius 1 is 0.232 bits per heavy atom. The molecule has 2 heterocycles. The molecule has 15 aromatic rings. The van der Waals surface area contributed by atoms with Crippen LogP contribution in [0.5, 0.6) is 0 Å². The van der Waals surface area contributed by atoms with Crippen LogP contribution in [-0.2, 0) is 25.5 Å². The van der Waals surface area contributed by atoms with E-state index in [1.807, 2.05) is 66.9 Å². The first-order valence-electron chi connectivity index (χ1n) is 32.2. The summed E-state index contributed by atoms with van der Waals surface area (Å²) in [7, 11) is 0. The van der Waals surface area contributed by atoms with E-state index in [4.69, 9.17) is 0 Å². The van der Waals surface area contributed by atoms with Crippen molar-refractivity contribution in [3.63, 3.8) is 0 Å². The van der Waals surface area contributed by atoms with Gasteiger partial charge in [0.15, 0.2) is 0 Å². The normalized spacial score (nSPS) is 11.0.